The van der Waals surface area contributed by atoms with Crippen LogP contribution in [0.1, 0.15) is 50.3 Å². The van der Waals surface area contributed by atoms with Crippen LogP contribution in [-0.2, 0) is 4.79 Å². The lowest BCUT2D eigenvalue weighted by molar-refractivity contribution is -0.142. The maximum absolute atomic E-state index is 11.5. The van der Waals surface area contributed by atoms with E-state index in [4.69, 9.17) is 0 Å². The van der Waals surface area contributed by atoms with Crippen LogP contribution < -0.4 is 0 Å². The molecule has 1 saturated carbocycles. The molecular formula is C17H25NO2S. The van der Waals surface area contributed by atoms with Crippen LogP contribution in [0, 0.1) is 25.7 Å². The quantitative estimate of drug-likeness (QED) is 0.872. The molecule has 0 bridgehead atoms. The summed E-state index contributed by atoms with van der Waals surface area (Å²) in [5, 5.41) is 10.6. The zero-order valence-electron chi connectivity index (χ0n) is 13.1. The van der Waals surface area contributed by atoms with Crippen LogP contribution in [-0.4, -0.2) is 21.3 Å². The minimum atomic E-state index is -0.646. The molecule has 1 aliphatic carbocycles. The molecule has 1 aromatic rings. The van der Waals surface area contributed by atoms with Crippen LogP contribution >= 0.6 is 11.8 Å². The molecule has 0 spiro atoms. The maximum Gasteiger partial charge on any atom is 0.307 e. The van der Waals surface area contributed by atoms with Gasteiger partial charge in [-0.25, -0.2) is 4.98 Å². The van der Waals surface area contributed by atoms with Gasteiger partial charge in [0.25, 0.3) is 0 Å². The van der Waals surface area contributed by atoms with Crippen molar-refractivity contribution < 1.29 is 9.90 Å². The second kappa shape index (κ2) is 7.30. The minimum Gasteiger partial charge on any atom is -0.481 e. The van der Waals surface area contributed by atoms with E-state index in [1.54, 1.807) is 11.8 Å². The number of thioether (sulfide) groups is 1. The van der Waals surface area contributed by atoms with Crippen LogP contribution in [0.25, 0.3) is 0 Å². The predicted molar refractivity (Wildman–Crippen MR) is 86.7 cm³/mol. The summed E-state index contributed by atoms with van der Waals surface area (Å²) in [6.07, 6.45) is 5.26. The van der Waals surface area contributed by atoms with Crippen molar-refractivity contribution in [2.45, 2.75) is 63.2 Å². The van der Waals surface area contributed by atoms with Gasteiger partial charge < -0.3 is 5.11 Å². The summed E-state index contributed by atoms with van der Waals surface area (Å²) in [7, 11) is 0. The highest BCUT2D eigenvalue weighted by molar-refractivity contribution is 7.99. The maximum atomic E-state index is 11.5. The molecule has 3 nitrogen and oxygen atoms in total. The molecule has 1 N–H and O–H groups in total. The van der Waals surface area contributed by atoms with Gasteiger partial charge in [-0.2, -0.15) is 0 Å². The lowest BCUT2D eigenvalue weighted by Gasteiger charge is -2.33. The first-order valence-electron chi connectivity index (χ1n) is 7.84. The van der Waals surface area contributed by atoms with Gasteiger partial charge in [0, 0.05) is 10.9 Å². The number of hydrogen-bond acceptors (Lipinski definition) is 3. The fourth-order valence-electron chi connectivity index (χ4n) is 3.31. The second-order valence-corrected chi connectivity index (χ2v) is 7.45. The van der Waals surface area contributed by atoms with Crippen molar-refractivity contribution in [3.8, 4) is 0 Å². The van der Waals surface area contributed by atoms with Crippen LogP contribution in [0.5, 0.6) is 0 Å². The van der Waals surface area contributed by atoms with Gasteiger partial charge in [0.2, 0.25) is 0 Å². The molecule has 0 amide bonds. The molecule has 21 heavy (non-hydrogen) atoms. The molecule has 3 unspecified atom stereocenters. The number of aryl methyl sites for hydroxylation is 2. The van der Waals surface area contributed by atoms with E-state index in [9.17, 15) is 9.90 Å². The average Bonchev–Trinajstić information content (AvgIpc) is 2.37. The van der Waals surface area contributed by atoms with E-state index >= 15 is 0 Å². The number of hydrogen-bond donors (Lipinski definition) is 1. The first kappa shape index (κ1) is 16.3. The molecule has 0 aliphatic heterocycles. The molecule has 3 atom stereocenters. The third-order valence-corrected chi connectivity index (χ3v) is 5.54. The van der Waals surface area contributed by atoms with Crippen molar-refractivity contribution >= 4 is 17.7 Å². The Morgan fingerprint density at radius 3 is 2.76 bits per heavy atom. The molecular weight excluding hydrogens is 282 g/mol. The normalized spacial score (nSPS) is 25.8. The van der Waals surface area contributed by atoms with Crippen molar-refractivity contribution in [2.24, 2.45) is 11.8 Å². The van der Waals surface area contributed by atoms with E-state index in [-0.39, 0.29) is 11.2 Å². The van der Waals surface area contributed by atoms with Crippen molar-refractivity contribution in [2.75, 3.05) is 0 Å². The van der Waals surface area contributed by atoms with Crippen LogP contribution in [0.15, 0.2) is 17.2 Å². The minimum absolute atomic E-state index is 0.154. The van der Waals surface area contributed by atoms with Gasteiger partial charge in [-0.05, 0) is 56.7 Å². The van der Waals surface area contributed by atoms with E-state index in [2.05, 4.69) is 31.0 Å². The molecule has 1 heterocycles. The third kappa shape index (κ3) is 4.47. The molecule has 1 aliphatic rings. The SMILES string of the molecule is CCCC1CCC(C(=O)O)C(Sc2cc(C)cc(C)n2)C1. The highest BCUT2D eigenvalue weighted by Gasteiger charge is 2.35. The summed E-state index contributed by atoms with van der Waals surface area (Å²) < 4.78 is 0. The van der Waals surface area contributed by atoms with Crippen LogP contribution in [0.4, 0.5) is 0 Å². The molecule has 2 rings (SSSR count). The van der Waals surface area contributed by atoms with Gasteiger partial charge in [0.15, 0.2) is 0 Å². The van der Waals surface area contributed by atoms with Gasteiger partial charge in [0.1, 0.15) is 0 Å². The predicted octanol–water partition coefficient (Wildman–Crippen LogP) is 4.46. The number of nitrogens with zero attached hydrogens (tertiary/aromatic N) is 1. The second-order valence-electron chi connectivity index (χ2n) is 6.19. The largest absolute Gasteiger partial charge is 0.481 e. The highest BCUT2D eigenvalue weighted by atomic mass is 32.2. The Hall–Kier alpha value is -1.03. The number of carboxylic acid groups (broad SMARTS) is 1. The number of carbonyl (C=O) groups is 1. The number of carboxylic acids is 1. The fourth-order valence-corrected chi connectivity index (χ4v) is 4.86. The van der Waals surface area contributed by atoms with Crippen molar-refractivity contribution in [1.29, 1.82) is 0 Å². The third-order valence-electron chi connectivity index (χ3n) is 4.26. The first-order valence-corrected chi connectivity index (χ1v) is 8.72. The summed E-state index contributed by atoms with van der Waals surface area (Å²) in [6, 6.07) is 4.12. The number of aliphatic carboxylic acids is 1. The van der Waals surface area contributed by atoms with Crippen molar-refractivity contribution in [1.82, 2.24) is 4.98 Å². The fraction of sp³-hybridized carbons (Fsp3) is 0.647. The van der Waals surface area contributed by atoms with E-state index in [0.717, 1.165) is 30.0 Å². The van der Waals surface area contributed by atoms with Crippen molar-refractivity contribution in [3.05, 3.63) is 23.4 Å². The van der Waals surface area contributed by atoms with Gasteiger partial charge >= 0.3 is 5.97 Å². The Bertz CT molecular complexity index is 483. The van der Waals surface area contributed by atoms with Crippen LogP contribution in [0.2, 0.25) is 0 Å². The summed E-state index contributed by atoms with van der Waals surface area (Å²) >= 11 is 1.67. The van der Waals surface area contributed by atoms with E-state index in [1.807, 2.05) is 6.92 Å². The van der Waals surface area contributed by atoms with Crippen LogP contribution in [0.3, 0.4) is 0 Å². The number of pyridine rings is 1. The average molecular weight is 307 g/mol. The summed E-state index contributed by atoms with van der Waals surface area (Å²) in [4.78, 5) is 16.1. The monoisotopic (exact) mass is 307 g/mol. The Morgan fingerprint density at radius 1 is 1.38 bits per heavy atom. The van der Waals surface area contributed by atoms with Crippen molar-refractivity contribution in [3.63, 3.8) is 0 Å². The standard InChI is InChI=1S/C17H25NO2S/c1-4-5-13-6-7-14(17(19)20)15(10-13)21-16-9-11(2)8-12(3)18-16/h8-9,13-15H,4-7,10H2,1-3H3,(H,19,20). The Kier molecular flexibility index (Phi) is 5.68. The molecule has 1 aromatic heterocycles. The molecule has 0 saturated heterocycles. The Balaban J connectivity index is 2.13. The zero-order valence-corrected chi connectivity index (χ0v) is 13.9. The summed E-state index contributed by atoms with van der Waals surface area (Å²) in [6.45, 7) is 6.26. The Labute approximate surface area is 131 Å². The Morgan fingerprint density at radius 2 is 2.14 bits per heavy atom. The van der Waals surface area contributed by atoms with Gasteiger partial charge in [-0.15, -0.1) is 11.8 Å². The summed E-state index contributed by atoms with van der Waals surface area (Å²) in [5.41, 5.74) is 2.20. The smallest absolute Gasteiger partial charge is 0.307 e. The summed E-state index contributed by atoms with van der Waals surface area (Å²) in [5.74, 6) is -0.202. The lowest BCUT2D eigenvalue weighted by atomic mass is 9.80. The van der Waals surface area contributed by atoms with E-state index < -0.39 is 5.97 Å². The molecule has 0 aromatic carbocycles. The number of aromatic nitrogens is 1. The zero-order chi connectivity index (χ0) is 15.4. The molecule has 0 radical (unpaired) electrons. The van der Waals surface area contributed by atoms with Gasteiger partial charge in [-0.3, -0.25) is 4.79 Å². The molecule has 4 heteroatoms. The highest BCUT2D eigenvalue weighted by Crippen LogP contribution is 2.41. The first-order chi connectivity index (χ1) is 9.99. The molecule has 116 valence electrons. The van der Waals surface area contributed by atoms with Gasteiger partial charge in [0.05, 0.1) is 10.9 Å². The number of rotatable bonds is 5. The van der Waals surface area contributed by atoms with E-state index in [1.165, 1.54) is 18.4 Å². The molecule has 1 fully saturated rings. The lowest BCUT2D eigenvalue weighted by Crippen LogP contribution is -2.32. The topological polar surface area (TPSA) is 50.2 Å². The van der Waals surface area contributed by atoms with Gasteiger partial charge in [-0.1, -0.05) is 19.8 Å². The van der Waals surface area contributed by atoms with E-state index in [0.29, 0.717) is 5.92 Å².